The molecule has 22 heavy (non-hydrogen) atoms. The van der Waals surface area contributed by atoms with E-state index >= 15 is 0 Å². The van der Waals surface area contributed by atoms with Crippen LogP contribution in [0, 0.1) is 6.92 Å². The lowest BCUT2D eigenvalue weighted by Crippen LogP contribution is -2.33. The van der Waals surface area contributed by atoms with Gasteiger partial charge in [-0.3, -0.25) is 4.79 Å². The summed E-state index contributed by atoms with van der Waals surface area (Å²) in [5.41, 5.74) is 0.596. The molecule has 0 bridgehead atoms. The second kappa shape index (κ2) is 5.00. The smallest absolute Gasteiger partial charge is 0.335 e. The van der Waals surface area contributed by atoms with Crippen molar-refractivity contribution in [2.24, 2.45) is 0 Å². The minimum absolute atomic E-state index is 0.00985. The molecule has 0 aliphatic heterocycles. The number of rotatable bonds is 2. The molecule has 3 aromatic rings. The molecule has 0 atom stereocenters. The third-order valence-corrected chi connectivity index (χ3v) is 3.44. The highest BCUT2D eigenvalue weighted by atomic mass is 16.4. The van der Waals surface area contributed by atoms with Gasteiger partial charge in [0.25, 0.3) is 5.56 Å². The van der Waals surface area contributed by atoms with E-state index in [4.69, 9.17) is 5.11 Å². The highest BCUT2D eigenvalue weighted by molar-refractivity contribution is 5.92. The van der Waals surface area contributed by atoms with Gasteiger partial charge in [-0.15, -0.1) is 0 Å². The third kappa shape index (κ3) is 2.20. The van der Waals surface area contributed by atoms with Gasteiger partial charge in [-0.05, 0) is 37.3 Å². The first-order valence-corrected chi connectivity index (χ1v) is 6.57. The van der Waals surface area contributed by atoms with Gasteiger partial charge in [-0.2, -0.15) is 0 Å². The molecule has 1 heterocycles. The van der Waals surface area contributed by atoms with Crippen molar-refractivity contribution in [3.05, 3.63) is 74.4 Å². The number of nitrogens with zero attached hydrogens (tertiary/aromatic N) is 1. The third-order valence-electron chi connectivity index (χ3n) is 3.44. The van der Waals surface area contributed by atoms with Crippen molar-refractivity contribution in [1.82, 2.24) is 9.55 Å². The number of aromatic carboxylic acids is 1. The van der Waals surface area contributed by atoms with Gasteiger partial charge in [-0.25, -0.2) is 14.2 Å². The topological polar surface area (TPSA) is 92.2 Å². The number of carboxylic acids is 1. The standard InChI is InChI=1S/C16H12N2O4/c1-9-2-5-11(6-3-9)18-14(19)12-7-4-10(15(20)21)8-13(12)17-16(18)22/h2-8H,1H3,(H,17,22)(H,20,21). The van der Waals surface area contributed by atoms with Crippen molar-refractivity contribution in [2.45, 2.75) is 6.92 Å². The van der Waals surface area contributed by atoms with Crippen LogP contribution < -0.4 is 11.2 Å². The van der Waals surface area contributed by atoms with Crippen LogP contribution in [0.15, 0.2) is 52.1 Å². The summed E-state index contributed by atoms with van der Waals surface area (Å²) in [4.78, 5) is 38.2. The van der Waals surface area contributed by atoms with E-state index in [9.17, 15) is 14.4 Å². The number of benzene rings is 2. The van der Waals surface area contributed by atoms with Crippen molar-refractivity contribution in [1.29, 1.82) is 0 Å². The van der Waals surface area contributed by atoms with Crippen LogP contribution in [0.4, 0.5) is 0 Å². The van der Waals surface area contributed by atoms with E-state index in [1.165, 1.54) is 18.2 Å². The summed E-state index contributed by atoms with van der Waals surface area (Å²) in [5, 5.41) is 9.22. The first-order chi connectivity index (χ1) is 10.5. The van der Waals surface area contributed by atoms with Gasteiger partial charge < -0.3 is 10.1 Å². The lowest BCUT2D eigenvalue weighted by molar-refractivity contribution is 0.0697. The second-order valence-electron chi connectivity index (χ2n) is 4.97. The summed E-state index contributed by atoms with van der Waals surface area (Å²) >= 11 is 0. The molecule has 0 aliphatic carbocycles. The number of fused-ring (bicyclic) bond motifs is 1. The molecule has 0 unspecified atom stereocenters. The Hall–Kier alpha value is -3.15. The van der Waals surface area contributed by atoms with Gasteiger partial charge in [0.1, 0.15) is 0 Å². The van der Waals surface area contributed by atoms with Crippen molar-refractivity contribution in [3.8, 4) is 5.69 Å². The largest absolute Gasteiger partial charge is 0.478 e. The molecule has 0 aliphatic rings. The minimum Gasteiger partial charge on any atom is -0.478 e. The molecule has 1 aromatic heterocycles. The molecule has 0 spiro atoms. The molecule has 110 valence electrons. The van der Waals surface area contributed by atoms with E-state index in [1.807, 2.05) is 6.92 Å². The van der Waals surface area contributed by atoms with Gasteiger partial charge in [0.05, 0.1) is 22.2 Å². The molecular weight excluding hydrogens is 284 g/mol. The number of nitrogens with one attached hydrogen (secondary N) is 1. The predicted molar refractivity (Wildman–Crippen MR) is 81.9 cm³/mol. The number of aryl methyl sites for hydroxylation is 1. The molecule has 0 amide bonds. The molecule has 6 heteroatoms. The lowest BCUT2D eigenvalue weighted by Gasteiger charge is -2.07. The number of hydrogen-bond acceptors (Lipinski definition) is 3. The SMILES string of the molecule is Cc1ccc(-n2c(=O)[nH]c3cc(C(=O)O)ccc3c2=O)cc1. The summed E-state index contributed by atoms with van der Waals surface area (Å²) in [6.45, 7) is 1.91. The number of H-pyrrole nitrogens is 1. The Morgan fingerprint density at radius 3 is 2.41 bits per heavy atom. The zero-order valence-corrected chi connectivity index (χ0v) is 11.7. The summed E-state index contributed by atoms with van der Waals surface area (Å²) < 4.78 is 1.03. The van der Waals surface area contributed by atoms with Crippen LogP contribution in [0.5, 0.6) is 0 Å². The van der Waals surface area contributed by atoms with Crippen molar-refractivity contribution in [3.63, 3.8) is 0 Å². The molecule has 0 radical (unpaired) electrons. The lowest BCUT2D eigenvalue weighted by atomic mass is 10.1. The van der Waals surface area contributed by atoms with Crippen molar-refractivity contribution < 1.29 is 9.90 Å². The first kappa shape index (κ1) is 13.8. The number of carboxylic acid groups (broad SMARTS) is 1. The van der Waals surface area contributed by atoms with Gasteiger partial charge in [0.2, 0.25) is 0 Å². The maximum Gasteiger partial charge on any atom is 0.335 e. The van der Waals surface area contributed by atoms with E-state index < -0.39 is 17.2 Å². The average molecular weight is 296 g/mol. The second-order valence-corrected chi connectivity index (χ2v) is 4.97. The Kier molecular flexibility index (Phi) is 3.14. The van der Waals surface area contributed by atoms with Crippen LogP contribution in [0.3, 0.4) is 0 Å². The Morgan fingerprint density at radius 1 is 1.09 bits per heavy atom. The highest BCUT2D eigenvalue weighted by Gasteiger charge is 2.11. The zero-order valence-electron chi connectivity index (χ0n) is 11.7. The minimum atomic E-state index is -1.12. The van der Waals surface area contributed by atoms with Gasteiger partial charge >= 0.3 is 11.7 Å². The Balaban J connectivity index is 2.32. The molecule has 2 N–H and O–H groups in total. The van der Waals surface area contributed by atoms with E-state index in [2.05, 4.69) is 4.98 Å². The molecular formula is C16H12N2O4. The monoisotopic (exact) mass is 296 g/mol. The average Bonchev–Trinajstić information content (AvgIpc) is 2.48. The predicted octanol–water partition coefficient (Wildman–Crippen LogP) is 1.69. The van der Waals surface area contributed by atoms with E-state index in [0.29, 0.717) is 5.69 Å². The highest BCUT2D eigenvalue weighted by Crippen LogP contribution is 2.11. The first-order valence-electron chi connectivity index (χ1n) is 6.57. The van der Waals surface area contributed by atoms with Gasteiger partial charge in [-0.1, -0.05) is 17.7 Å². The molecule has 6 nitrogen and oxygen atoms in total. The van der Waals surface area contributed by atoms with Gasteiger partial charge in [0, 0.05) is 0 Å². The number of carbonyl (C=O) groups is 1. The van der Waals surface area contributed by atoms with E-state index in [0.717, 1.165) is 10.1 Å². The molecule has 3 rings (SSSR count). The molecule has 0 saturated carbocycles. The van der Waals surface area contributed by atoms with Crippen molar-refractivity contribution in [2.75, 3.05) is 0 Å². The van der Waals surface area contributed by atoms with Crippen molar-refractivity contribution >= 4 is 16.9 Å². The maximum atomic E-state index is 12.5. The Labute approximate surface area is 124 Å². The Morgan fingerprint density at radius 2 is 1.77 bits per heavy atom. The number of aromatic amines is 1. The van der Waals surface area contributed by atoms with Crippen LogP contribution in [0.2, 0.25) is 0 Å². The van der Waals surface area contributed by atoms with E-state index in [1.54, 1.807) is 24.3 Å². The summed E-state index contributed by atoms with van der Waals surface area (Å²) in [7, 11) is 0. The summed E-state index contributed by atoms with van der Waals surface area (Å²) in [6.07, 6.45) is 0. The van der Waals surface area contributed by atoms with E-state index in [-0.39, 0.29) is 16.5 Å². The fourth-order valence-electron chi connectivity index (χ4n) is 2.28. The van der Waals surface area contributed by atoms with Crippen LogP contribution in [0.25, 0.3) is 16.6 Å². The van der Waals surface area contributed by atoms with Crippen LogP contribution in [-0.4, -0.2) is 20.6 Å². The summed E-state index contributed by atoms with van der Waals surface area (Å²) in [5.74, 6) is -1.12. The summed E-state index contributed by atoms with van der Waals surface area (Å²) in [6, 6.07) is 11.0. The Bertz CT molecular complexity index is 997. The molecule has 0 fully saturated rings. The number of hydrogen-bond donors (Lipinski definition) is 2. The normalized spacial score (nSPS) is 10.8. The fraction of sp³-hybridized carbons (Fsp3) is 0.0625. The maximum absolute atomic E-state index is 12.5. The van der Waals surface area contributed by atoms with Crippen LogP contribution in [0.1, 0.15) is 15.9 Å². The van der Waals surface area contributed by atoms with Crippen LogP contribution >= 0.6 is 0 Å². The molecule has 0 saturated heterocycles. The number of aromatic nitrogens is 2. The molecule has 2 aromatic carbocycles. The fourth-order valence-corrected chi connectivity index (χ4v) is 2.28. The van der Waals surface area contributed by atoms with Gasteiger partial charge in [0.15, 0.2) is 0 Å². The zero-order chi connectivity index (χ0) is 15.9. The van der Waals surface area contributed by atoms with Crippen LogP contribution in [-0.2, 0) is 0 Å². The quantitative estimate of drug-likeness (QED) is 0.752.